The van der Waals surface area contributed by atoms with E-state index >= 15 is 0 Å². The lowest BCUT2D eigenvalue weighted by atomic mass is 9.94. The highest BCUT2D eigenvalue weighted by Crippen LogP contribution is 2.34. The molecule has 3 aromatic heterocycles. The van der Waals surface area contributed by atoms with Gasteiger partial charge >= 0.3 is 11.9 Å². The quantitative estimate of drug-likeness (QED) is 0.509. The number of halogens is 3. The van der Waals surface area contributed by atoms with Crippen LogP contribution < -0.4 is 21.9 Å². The summed E-state index contributed by atoms with van der Waals surface area (Å²) in [5, 5.41) is 0. The van der Waals surface area contributed by atoms with Gasteiger partial charge in [0.05, 0.1) is 13.1 Å². The summed E-state index contributed by atoms with van der Waals surface area (Å²) in [5.74, 6) is 6.02. The largest absolute Gasteiger partial charge is 0.433 e. The lowest BCUT2D eigenvalue weighted by molar-refractivity contribution is -0.142. The second kappa shape index (κ2) is 9.90. The molecule has 0 radical (unpaired) electrons. The third-order valence-corrected chi connectivity index (χ3v) is 7.16. The molecule has 10 nitrogen and oxygen atoms in total. The van der Waals surface area contributed by atoms with Crippen molar-refractivity contribution in [2.24, 2.45) is 12.8 Å². The van der Waals surface area contributed by atoms with Gasteiger partial charge in [0.2, 0.25) is 5.95 Å². The normalized spacial score (nSPS) is 17.8. The van der Waals surface area contributed by atoms with Gasteiger partial charge in [-0.25, -0.2) is 14.8 Å². The van der Waals surface area contributed by atoms with Crippen molar-refractivity contribution < 1.29 is 13.2 Å². The molecule has 1 aliphatic carbocycles. The second-order valence-electron chi connectivity index (χ2n) is 9.80. The molecular formula is C25H29F3N8O2. The molecule has 1 aliphatic heterocycles. The molecule has 2 N–H and O–H groups in total. The molecule has 5 rings (SSSR count). The number of imidazole rings is 1. The number of piperidine rings is 1. The van der Waals surface area contributed by atoms with Gasteiger partial charge in [0, 0.05) is 37.4 Å². The van der Waals surface area contributed by atoms with Crippen LogP contribution >= 0.6 is 0 Å². The number of fused-ring (bicyclic) bond motifs is 2. The summed E-state index contributed by atoms with van der Waals surface area (Å²) in [4.78, 5) is 41.8. The van der Waals surface area contributed by atoms with Crippen LogP contribution in [-0.2, 0) is 39.2 Å². The number of hydrogen-bond donors (Lipinski definition) is 1. The lowest BCUT2D eigenvalue weighted by Gasteiger charge is -2.31. The molecule has 0 unspecified atom stereocenters. The first-order chi connectivity index (χ1) is 18.1. The van der Waals surface area contributed by atoms with E-state index < -0.39 is 29.7 Å². The summed E-state index contributed by atoms with van der Waals surface area (Å²) in [6.45, 7) is 2.55. The molecule has 0 saturated carbocycles. The summed E-state index contributed by atoms with van der Waals surface area (Å²) in [6.07, 6.45) is -0.954. The fraction of sp³-hybridized carbons (Fsp3) is 0.560. The average Bonchev–Trinajstić information content (AvgIpc) is 3.27. The van der Waals surface area contributed by atoms with Gasteiger partial charge < -0.3 is 10.6 Å². The first-order valence-electron chi connectivity index (χ1n) is 12.7. The molecule has 0 spiro atoms. The predicted molar refractivity (Wildman–Crippen MR) is 135 cm³/mol. The van der Waals surface area contributed by atoms with E-state index in [0.29, 0.717) is 37.6 Å². The fourth-order valence-electron chi connectivity index (χ4n) is 5.33. The molecule has 0 amide bonds. The molecule has 1 fully saturated rings. The topological polar surface area (TPSA) is 117 Å². The molecule has 4 heterocycles. The van der Waals surface area contributed by atoms with E-state index in [-0.39, 0.29) is 41.6 Å². The van der Waals surface area contributed by atoms with Gasteiger partial charge in [-0.1, -0.05) is 5.92 Å². The smallest absolute Gasteiger partial charge is 0.341 e. The molecule has 0 aromatic carbocycles. The number of hydrogen-bond acceptors (Lipinski definition) is 7. The first kappa shape index (κ1) is 26.0. The van der Waals surface area contributed by atoms with Gasteiger partial charge in [0.1, 0.15) is 5.82 Å². The minimum atomic E-state index is -4.67. The van der Waals surface area contributed by atoms with E-state index in [9.17, 15) is 22.8 Å². The number of anilines is 1. The van der Waals surface area contributed by atoms with Gasteiger partial charge in [-0.2, -0.15) is 18.2 Å². The molecule has 13 heteroatoms. The average molecular weight is 531 g/mol. The Morgan fingerprint density at radius 2 is 1.84 bits per heavy atom. The summed E-state index contributed by atoms with van der Waals surface area (Å²) in [5.41, 5.74) is 4.51. The van der Waals surface area contributed by atoms with E-state index in [2.05, 4.69) is 26.8 Å². The molecule has 2 aliphatic rings. The third kappa shape index (κ3) is 4.57. The van der Waals surface area contributed by atoms with Crippen molar-refractivity contribution in [1.29, 1.82) is 0 Å². The first-order valence-corrected chi connectivity index (χ1v) is 12.7. The van der Waals surface area contributed by atoms with Crippen molar-refractivity contribution in [3.63, 3.8) is 0 Å². The number of aromatic nitrogens is 6. The number of nitrogens with zero attached hydrogens (tertiary/aromatic N) is 7. The molecule has 1 saturated heterocycles. The van der Waals surface area contributed by atoms with Crippen LogP contribution in [0, 0.1) is 11.8 Å². The van der Waals surface area contributed by atoms with Crippen LogP contribution in [0.2, 0.25) is 0 Å². The molecule has 202 valence electrons. The summed E-state index contributed by atoms with van der Waals surface area (Å²) in [7, 11) is 1.48. The number of nitrogens with two attached hydrogens (primary N) is 1. The van der Waals surface area contributed by atoms with Gasteiger partial charge in [0.15, 0.2) is 16.9 Å². The van der Waals surface area contributed by atoms with Crippen molar-refractivity contribution in [2.45, 2.75) is 70.8 Å². The Kier molecular flexibility index (Phi) is 6.77. The SMILES string of the molecule is CC#CCn1c(N2CCC[C@@H](N)C2)nc2c1c(=O)n(Cc1nc3c(c(C(F)(F)F)n1)CCCC3)c(=O)n2C. The van der Waals surface area contributed by atoms with Crippen molar-refractivity contribution in [2.75, 3.05) is 18.0 Å². The van der Waals surface area contributed by atoms with Crippen LogP contribution in [-0.4, -0.2) is 47.8 Å². The summed E-state index contributed by atoms with van der Waals surface area (Å²) < 4.78 is 45.3. The standard InChI is InChI=1S/C25H29F3N8O2/c1-3-4-12-35-19-21(32-23(35)34-11-7-8-15(29)13-34)33(2)24(38)36(22(19)37)14-18-30-17-10-6-5-9-16(17)20(31-18)25(26,27)28/h15H,5-14,29H2,1-2H3/t15-/m1/s1. The zero-order valence-electron chi connectivity index (χ0n) is 21.3. The maximum Gasteiger partial charge on any atom is 0.433 e. The molecule has 0 bridgehead atoms. The summed E-state index contributed by atoms with van der Waals surface area (Å²) >= 11 is 0. The second-order valence-corrected chi connectivity index (χ2v) is 9.80. The van der Waals surface area contributed by atoms with E-state index in [1.165, 1.54) is 11.6 Å². The zero-order chi connectivity index (χ0) is 27.2. The Morgan fingerprint density at radius 3 is 2.55 bits per heavy atom. The Labute approximate surface area is 216 Å². The van der Waals surface area contributed by atoms with Crippen molar-refractivity contribution in [1.82, 2.24) is 28.7 Å². The Bertz CT molecular complexity index is 1570. The summed E-state index contributed by atoms with van der Waals surface area (Å²) in [6, 6.07) is -0.0567. The van der Waals surface area contributed by atoms with Gasteiger partial charge in [0.25, 0.3) is 5.56 Å². The Balaban J connectivity index is 1.67. The van der Waals surface area contributed by atoms with Gasteiger partial charge in [-0.15, -0.1) is 5.92 Å². The van der Waals surface area contributed by atoms with Crippen molar-refractivity contribution >= 4 is 17.1 Å². The van der Waals surface area contributed by atoms with Crippen LogP contribution in [0.5, 0.6) is 0 Å². The molecule has 1 atom stereocenters. The monoisotopic (exact) mass is 530 g/mol. The van der Waals surface area contributed by atoms with Gasteiger partial charge in [-0.05, 0) is 45.4 Å². The molecule has 3 aromatic rings. The Morgan fingerprint density at radius 1 is 1.08 bits per heavy atom. The van der Waals surface area contributed by atoms with Gasteiger partial charge in [-0.3, -0.25) is 18.5 Å². The minimum absolute atomic E-state index is 0.0567. The highest BCUT2D eigenvalue weighted by atomic mass is 19.4. The highest BCUT2D eigenvalue weighted by Gasteiger charge is 2.38. The number of rotatable bonds is 4. The van der Waals surface area contributed by atoms with E-state index in [1.54, 1.807) is 11.5 Å². The van der Waals surface area contributed by atoms with E-state index in [1.807, 2.05) is 4.90 Å². The minimum Gasteiger partial charge on any atom is -0.341 e. The predicted octanol–water partition coefficient (Wildman–Crippen LogP) is 1.58. The maximum atomic E-state index is 13.8. The zero-order valence-corrected chi connectivity index (χ0v) is 21.3. The van der Waals surface area contributed by atoms with Crippen molar-refractivity contribution in [3.8, 4) is 11.8 Å². The molecule has 38 heavy (non-hydrogen) atoms. The number of aryl methyl sites for hydroxylation is 2. The number of alkyl halides is 3. The third-order valence-electron chi connectivity index (χ3n) is 7.16. The van der Waals surface area contributed by atoms with Crippen LogP contribution in [0.1, 0.15) is 55.4 Å². The maximum absolute atomic E-state index is 13.8. The fourth-order valence-corrected chi connectivity index (χ4v) is 5.33. The van der Waals surface area contributed by atoms with Crippen LogP contribution in [0.25, 0.3) is 11.2 Å². The van der Waals surface area contributed by atoms with Crippen LogP contribution in [0.15, 0.2) is 9.59 Å². The molecular weight excluding hydrogens is 501 g/mol. The van der Waals surface area contributed by atoms with Crippen LogP contribution in [0.4, 0.5) is 19.1 Å². The highest BCUT2D eigenvalue weighted by molar-refractivity contribution is 5.75. The van der Waals surface area contributed by atoms with E-state index in [4.69, 9.17) is 5.73 Å². The van der Waals surface area contributed by atoms with Crippen molar-refractivity contribution in [3.05, 3.63) is 43.6 Å². The van der Waals surface area contributed by atoms with E-state index in [0.717, 1.165) is 23.8 Å². The van der Waals surface area contributed by atoms with Crippen LogP contribution in [0.3, 0.4) is 0 Å². The lowest BCUT2D eigenvalue weighted by Crippen LogP contribution is -2.44. The Hall–Kier alpha value is -3.66.